The summed E-state index contributed by atoms with van der Waals surface area (Å²) in [5, 5.41) is 13.2. The second-order valence-corrected chi connectivity index (χ2v) is 4.61. The van der Waals surface area contributed by atoms with E-state index in [9.17, 15) is 19.7 Å². The Morgan fingerprint density at radius 1 is 1.35 bits per heavy atom. The van der Waals surface area contributed by atoms with Crippen molar-refractivity contribution < 1.29 is 14.5 Å². The molecule has 9 heteroatoms. The Kier molecular flexibility index (Phi) is 5.91. The lowest BCUT2D eigenvalue weighted by Crippen LogP contribution is -2.47. The Bertz CT molecular complexity index is 535. The monoisotopic (exact) mass is 344 g/mol. The van der Waals surface area contributed by atoms with Gasteiger partial charge in [-0.3, -0.25) is 20.3 Å². The van der Waals surface area contributed by atoms with Crippen molar-refractivity contribution in [2.45, 2.75) is 13.3 Å². The van der Waals surface area contributed by atoms with Gasteiger partial charge in [0.1, 0.15) is 0 Å². The van der Waals surface area contributed by atoms with Gasteiger partial charge >= 0.3 is 6.03 Å². The Morgan fingerprint density at radius 3 is 2.65 bits per heavy atom. The molecule has 108 valence electrons. The van der Waals surface area contributed by atoms with Crippen LogP contribution in [0.15, 0.2) is 22.7 Å². The molecule has 0 atom stereocenters. The van der Waals surface area contributed by atoms with Gasteiger partial charge in [0.05, 0.1) is 9.40 Å². The molecule has 3 amide bonds. The molecule has 1 aromatic carbocycles. The summed E-state index contributed by atoms with van der Waals surface area (Å²) in [7, 11) is 0. The van der Waals surface area contributed by atoms with Crippen LogP contribution in [0.2, 0.25) is 0 Å². The van der Waals surface area contributed by atoms with E-state index in [1.807, 2.05) is 6.92 Å². The van der Waals surface area contributed by atoms with Crippen LogP contribution in [0.5, 0.6) is 0 Å². The van der Waals surface area contributed by atoms with E-state index in [0.29, 0.717) is 6.54 Å². The molecule has 0 aliphatic carbocycles. The fourth-order valence-electron chi connectivity index (χ4n) is 1.26. The first-order valence-electron chi connectivity index (χ1n) is 5.73. The number of halogens is 1. The Labute approximate surface area is 123 Å². The number of nitrogens with one attached hydrogen (secondary N) is 3. The number of carbonyl (C=O) groups excluding carboxylic acids is 2. The van der Waals surface area contributed by atoms with E-state index in [0.717, 1.165) is 12.5 Å². The molecule has 0 saturated carbocycles. The Balaban J connectivity index is 2.66. The van der Waals surface area contributed by atoms with Crippen LogP contribution in [0.3, 0.4) is 0 Å². The summed E-state index contributed by atoms with van der Waals surface area (Å²) in [5.74, 6) is -0.646. The van der Waals surface area contributed by atoms with Gasteiger partial charge in [-0.2, -0.15) is 0 Å². The van der Waals surface area contributed by atoms with Gasteiger partial charge < -0.3 is 5.32 Å². The lowest BCUT2D eigenvalue weighted by atomic mass is 10.2. The Morgan fingerprint density at radius 2 is 2.05 bits per heavy atom. The molecule has 0 saturated heterocycles. The van der Waals surface area contributed by atoms with Crippen molar-refractivity contribution in [3.63, 3.8) is 0 Å². The minimum atomic E-state index is -0.646. The van der Waals surface area contributed by atoms with Gasteiger partial charge in [-0.15, -0.1) is 0 Å². The predicted molar refractivity (Wildman–Crippen MR) is 75.1 cm³/mol. The van der Waals surface area contributed by atoms with E-state index in [1.54, 1.807) is 0 Å². The van der Waals surface area contributed by atoms with Crippen molar-refractivity contribution in [3.8, 4) is 0 Å². The van der Waals surface area contributed by atoms with Gasteiger partial charge in [0, 0.05) is 18.2 Å². The number of nitro benzene ring substituents is 1. The van der Waals surface area contributed by atoms with Crippen molar-refractivity contribution in [1.82, 2.24) is 16.2 Å². The average Bonchev–Trinajstić information content (AvgIpc) is 2.42. The molecule has 1 aromatic rings. The molecule has 0 spiro atoms. The van der Waals surface area contributed by atoms with Crippen LogP contribution < -0.4 is 16.2 Å². The van der Waals surface area contributed by atoms with Crippen LogP contribution in [-0.2, 0) is 0 Å². The molecule has 0 fully saturated rings. The van der Waals surface area contributed by atoms with Crippen LogP contribution in [0.1, 0.15) is 23.7 Å². The van der Waals surface area contributed by atoms with Crippen LogP contribution in [-0.4, -0.2) is 23.4 Å². The highest BCUT2D eigenvalue weighted by atomic mass is 79.9. The van der Waals surface area contributed by atoms with Crippen LogP contribution in [0.25, 0.3) is 0 Å². The zero-order chi connectivity index (χ0) is 15.1. The minimum Gasteiger partial charge on any atom is -0.337 e. The number of urea groups is 1. The lowest BCUT2D eigenvalue weighted by molar-refractivity contribution is -0.385. The minimum absolute atomic E-state index is 0.0655. The van der Waals surface area contributed by atoms with Crippen molar-refractivity contribution >= 4 is 33.6 Å². The molecule has 3 N–H and O–H groups in total. The second-order valence-electron chi connectivity index (χ2n) is 3.76. The average molecular weight is 345 g/mol. The van der Waals surface area contributed by atoms with Crippen molar-refractivity contribution in [2.75, 3.05) is 6.54 Å². The smallest absolute Gasteiger partial charge is 0.333 e. The third-order valence-corrected chi connectivity index (χ3v) is 2.90. The molecule has 0 bridgehead atoms. The van der Waals surface area contributed by atoms with E-state index >= 15 is 0 Å². The highest BCUT2D eigenvalue weighted by Gasteiger charge is 2.16. The first-order chi connectivity index (χ1) is 9.45. The number of rotatable bonds is 4. The summed E-state index contributed by atoms with van der Waals surface area (Å²) >= 11 is 3.02. The zero-order valence-electron chi connectivity index (χ0n) is 10.6. The summed E-state index contributed by atoms with van der Waals surface area (Å²) < 4.78 is 0.271. The number of hydrogen-bond donors (Lipinski definition) is 3. The largest absolute Gasteiger partial charge is 0.337 e. The number of nitrogens with zero attached hydrogens (tertiary/aromatic N) is 1. The summed E-state index contributed by atoms with van der Waals surface area (Å²) in [6.45, 7) is 2.37. The Hall–Kier alpha value is -2.16. The third kappa shape index (κ3) is 4.50. The van der Waals surface area contributed by atoms with Gasteiger partial charge in [0.15, 0.2) is 0 Å². The number of amides is 3. The van der Waals surface area contributed by atoms with Gasteiger partial charge in [-0.05, 0) is 34.5 Å². The molecule has 0 radical (unpaired) electrons. The summed E-state index contributed by atoms with van der Waals surface area (Å²) in [4.78, 5) is 33.1. The first-order valence-corrected chi connectivity index (χ1v) is 6.53. The van der Waals surface area contributed by atoms with E-state index in [1.165, 1.54) is 12.1 Å². The molecule has 0 unspecified atom stereocenters. The molecule has 0 aliphatic heterocycles. The standard InChI is InChI=1S/C11H13BrN4O4/c1-2-5-13-11(18)15-14-10(17)7-3-4-8(12)9(6-7)16(19)20/h3-4,6H,2,5H2,1H3,(H,14,17)(H2,13,15,18). The molecular formula is C11H13BrN4O4. The summed E-state index contributed by atoms with van der Waals surface area (Å²) in [6.07, 6.45) is 0.764. The maximum atomic E-state index is 11.7. The van der Waals surface area contributed by atoms with Crippen molar-refractivity contribution in [1.29, 1.82) is 0 Å². The molecule has 20 heavy (non-hydrogen) atoms. The van der Waals surface area contributed by atoms with E-state index in [2.05, 4.69) is 32.1 Å². The summed E-state index contributed by atoms with van der Waals surface area (Å²) in [5.41, 5.74) is 4.14. The molecular weight excluding hydrogens is 332 g/mol. The van der Waals surface area contributed by atoms with Crippen molar-refractivity contribution in [2.24, 2.45) is 0 Å². The fourth-order valence-corrected chi connectivity index (χ4v) is 1.65. The maximum absolute atomic E-state index is 11.7. The fraction of sp³-hybridized carbons (Fsp3) is 0.273. The van der Waals surface area contributed by atoms with Crippen LogP contribution in [0.4, 0.5) is 10.5 Å². The SMILES string of the molecule is CCCNC(=O)NNC(=O)c1ccc(Br)c([N+](=O)[O-])c1. The summed E-state index contributed by atoms with van der Waals surface area (Å²) in [6, 6.07) is 3.36. The van der Waals surface area contributed by atoms with E-state index in [-0.39, 0.29) is 15.7 Å². The quantitative estimate of drug-likeness (QED) is 0.569. The first kappa shape index (κ1) is 15.9. The van der Waals surface area contributed by atoms with Gasteiger partial charge in [0.25, 0.3) is 11.6 Å². The highest BCUT2D eigenvalue weighted by molar-refractivity contribution is 9.10. The van der Waals surface area contributed by atoms with Crippen molar-refractivity contribution in [3.05, 3.63) is 38.3 Å². The highest BCUT2D eigenvalue weighted by Crippen LogP contribution is 2.25. The second kappa shape index (κ2) is 7.43. The molecule has 1 rings (SSSR count). The number of benzene rings is 1. The number of carbonyl (C=O) groups is 2. The maximum Gasteiger partial charge on any atom is 0.333 e. The number of nitro groups is 1. The predicted octanol–water partition coefficient (Wildman–Crippen LogP) is 1.71. The van der Waals surface area contributed by atoms with E-state index in [4.69, 9.17) is 0 Å². The van der Waals surface area contributed by atoms with Gasteiger partial charge in [-0.1, -0.05) is 6.92 Å². The van der Waals surface area contributed by atoms with Crippen LogP contribution in [0, 0.1) is 10.1 Å². The molecule has 0 aliphatic rings. The topological polar surface area (TPSA) is 113 Å². The molecule has 8 nitrogen and oxygen atoms in total. The lowest BCUT2D eigenvalue weighted by Gasteiger charge is -2.08. The van der Waals surface area contributed by atoms with Crippen LogP contribution >= 0.6 is 15.9 Å². The zero-order valence-corrected chi connectivity index (χ0v) is 12.2. The van der Waals surface area contributed by atoms with Gasteiger partial charge in [0.2, 0.25) is 0 Å². The molecule has 0 heterocycles. The van der Waals surface area contributed by atoms with Gasteiger partial charge in [-0.25, -0.2) is 10.2 Å². The normalized spacial score (nSPS) is 9.70. The number of hydrazine groups is 1. The van der Waals surface area contributed by atoms with E-state index < -0.39 is 16.9 Å². The molecule has 0 aromatic heterocycles. The third-order valence-electron chi connectivity index (χ3n) is 2.23. The number of hydrogen-bond acceptors (Lipinski definition) is 4.